The zero-order valence-corrected chi connectivity index (χ0v) is 11.5. The predicted octanol–water partition coefficient (Wildman–Crippen LogP) is 1.02. The summed E-state index contributed by atoms with van der Waals surface area (Å²) in [5.41, 5.74) is 1.15. The minimum absolute atomic E-state index is 0.0318. The van der Waals surface area contributed by atoms with Gasteiger partial charge >= 0.3 is 0 Å². The van der Waals surface area contributed by atoms with Crippen molar-refractivity contribution in [2.75, 3.05) is 26.2 Å². The molecule has 2 aromatic rings. The van der Waals surface area contributed by atoms with E-state index in [1.54, 1.807) is 12.1 Å². The Morgan fingerprint density at radius 3 is 2.14 bits per heavy atom. The van der Waals surface area contributed by atoms with Gasteiger partial charge in [0.15, 0.2) is 0 Å². The van der Waals surface area contributed by atoms with Crippen LogP contribution >= 0.6 is 0 Å². The van der Waals surface area contributed by atoms with Crippen LogP contribution in [0.2, 0.25) is 0 Å². The third-order valence-electron chi connectivity index (χ3n) is 3.66. The molecule has 21 heavy (non-hydrogen) atoms. The topological polar surface area (TPSA) is 69.6 Å². The Labute approximate surface area is 122 Å². The van der Waals surface area contributed by atoms with E-state index >= 15 is 0 Å². The van der Waals surface area contributed by atoms with Crippen LogP contribution in [-0.4, -0.2) is 48.1 Å². The number of hydrogen-bond acceptors (Lipinski definition) is 4. The van der Waals surface area contributed by atoms with Crippen LogP contribution in [0.4, 0.5) is 0 Å². The third kappa shape index (κ3) is 2.30. The SMILES string of the molecule is O=C1c2cccc3cccc(c23)C(=O)N1CCNCCO. The molecular formula is C16H16N2O3. The molecule has 0 fully saturated rings. The summed E-state index contributed by atoms with van der Waals surface area (Å²) in [5, 5.41) is 13.4. The standard InChI is InChI=1S/C16H16N2O3/c19-10-8-17-7-9-18-15(20)12-5-1-3-11-4-2-6-13(14(11)12)16(18)21/h1-6,17,19H,7-10H2. The van der Waals surface area contributed by atoms with E-state index in [1.807, 2.05) is 24.3 Å². The van der Waals surface area contributed by atoms with E-state index in [0.717, 1.165) is 10.8 Å². The van der Waals surface area contributed by atoms with E-state index < -0.39 is 0 Å². The lowest BCUT2D eigenvalue weighted by Crippen LogP contribution is -2.44. The average Bonchev–Trinajstić information content (AvgIpc) is 2.51. The molecule has 5 nitrogen and oxygen atoms in total. The van der Waals surface area contributed by atoms with Gasteiger partial charge in [0, 0.05) is 36.1 Å². The Morgan fingerprint density at radius 2 is 1.57 bits per heavy atom. The van der Waals surface area contributed by atoms with Gasteiger partial charge in [0.1, 0.15) is 0 Å². The van der Waals surface area contributed by atoms with Crippen LogP contribution in [0.5, 0.6) is 0 Å². The van der Waals surface area contributed by atoms with Gasteiger partial charge in [-0.1, -0.05) is 24.3 Å². The summed E-state index contributed by atoms with van der Waals surface area (Å²) < 4.78 is 0. The van der Waals surface area contributed by atoms with E-state index in [9.17, 15) is 9.59 Å². The van der Waals surface area contributed by atoms with Crippen molar-refractivity contribution < 1.29 is 14.7 Å². The van der Waals surface area contributed by atoms with Crippen molar-refractivity contribution in [2.45, 2.75) is 0 Å². The number of hydrogen-bond donors (Lipinski definition) is 2. The van der Waals surface area contributed by atoms with Crippen LogP contribution in [0.15, 0.2) is 36.4 Å². The second kappa shape index (κ2) is 5.63. The fourth-order valence-electron chi connectivity index (χ4n) is 2.68. The number of aliphatic hydroxyl groups excluding tert-OH is 1. The molecule has 0 bridgehead atoms. The Kier molecular flexibility index (Phi) is 3.68. The molecule has 0 atom stereocenters. The number of nitrogens with zero attached hydrogens (tertiary/aromatic N) is 1. The van der Waals surface area contributed by atoms with Crippen LogP contribution in [0, 0.1) is 0 Å². The molecule has 0 saturated carbocycles. The molecule has 2 N–H and O–H groups in total. The van der Waals surface area contributed by atoms with Crippen molar-refractivity contribution in [1.82, 2.24) is 10.2 Å². The smallest absolute Gasteiger partial charge is 0.261 e. The molecule has 1 heterocycles. The second-order valence-corrected chi connectivity index (χ2v) is 4.94. The molecular weight excluding hydrogens is 268 g/mol. The van der Waals surface area contributed by atoms with Crippen LogP contribution in [0.3, 0.4) is 0 Å². The monoisotopic (exact) mass is 284 g/mol. The van der Waals surface area contributed by atoms with Crippen LogP contribution in [0.1, 0.15) is 20.7 Å². The van der Waals surface area contributed by atoms with Crippen molar-refractivity contribution in [3.05, 3.63) is 47.5 Å². The molecule has 1 aliphatic rings. The van der Waals surface area contributed by atoms with Crippen molar-refractivity contribution >= 4 is 22.6 Å². The zero-order valence-electron chi connectivity index (χ0n) is 11.5. The molecule has 0 aromatic heterocycles. The average molecular weight is 284 g/mol. The van der Waals surface area contributed by atoms with Crippen molar-refractivity contribution in [2.24, 2.45) is 0 Å². The van der Waals surface area contributed by atoms with Gasteiger partial charge in [-0.3, -0.25) is 14.5 Å². The Hall–Kier alpha value is -2.24. The van der Waals surface area contributed by atoms with Gasteiger partial charge in [-0.25, -0.2) is 0 Å². The summed E-state index contributed by atoms with van der Waals surface area (Å²) in [6, 6.07) is 11.0. The number of imide groups is 1. The zero-order chi connectivity index (χ0) is 14.8. The van der Waals surface area contributed by atoms with Crippen molar-refractivity contribution in [1.29, 1.82) is 0 Å². The summed E-state index contributed by atoms with van der Waals surface area (Å²) in [6.45, 7) is 1.24. The lowest BCUT2D eigenvalue weighted by Gasteiger charge is -2.27. The first-order valence-corrected chi connectivity index (χ1v) is 6.93. The molecule has 0 spiro atoms. The first-order valence-electron chi connectivity index (χ1n) is 6.93. The molecule has 0 aliphatic carbocycles. The van der Waals surface area contributed by atoms with E-state index in [0.29, 0.717) is 30.8 Å². The molecule has 1 aliphatic heterocycles. The van der Waals surface area contributed by atoms with Gasteiger partial charge in [0.05, 0.1) is 6.61 Å². The summed E-state index contributed by atoms with van der Waals surface area (Å²) in [7, 11) is 0. The Morgan fingerprint density at radius 1 is 0.952 bits per heavy atom. The van der Waals surface area contributed by atoms with Gasteiger partial charge in [0.25, 0.3) is 11.8 Å². The van der Waals surface area contributed by atoms with E-state index in [1.165, 1.54) is 4.90 Å². The number of nitrogens with one attached hydrogen (secondary N) is 1. The Balaban J connectivity index is 1.95. The molecule has 2 aromatic carbocycles. The maximum absolute atomic E-state index is 12.5. The maximum atomic E-state index is 12.5. The van der Waals surface area contributed by atoms with Crippen LogP contribution in [-0.2, 0) is 0 Å². The molecule has 0 saturated heterocycles. The van der Waals surface area contributed by atoms with Gasteiger partial charge in [0.2, 0.25) is 0 Å². The number of carbonyl (C=O) groups excluding carboxylic acids is 2. The summed E-state index contributed by atoms with van der Waals surface area (Å²) in [4.78, 5) is 26.3. The molecule has 0 unspecified atom stereocenters. The molecule has 0 radical (unpaired) electrons. The lowest BCUT2D eigenvalue weighted by molar-refractivity contribution is 0.0612. The van der Waals surface area contributed by atoms with Crippen molar-refractivity contribution in [3.63, 3.8) is 0 Å². The minimum Gasteiger partial charge on any atom is -0.395 e. The molecule has 3 rings (SSSR count). The highest BCUT2D eigenvalue weighted by Gasteiger charge is 2.31. The van der Waals surface area contributed by atoms with Crippen molar-refractivity contribution in [3.8, 4) is 0 Å². The highest BCUT2D eigenvalue weighted by atomic mass is 16.3. The summed E-state index contributed by atoms with van der Waals surface area (Å²) >= 11 is 0. The molecule has 108 valence electrons. The van der Waals surface area contributed by atoms with Crippen LogP contribution in [0.25, 0.3) is 10.8 Å². The summed E-state index contributed by atoms with van der Waals surface area (Å²) in [6.07, 6.45) is 0. The number of benzene rings is 2. The maximum Gasteiger partial charge on any atom is 0.261 e. The van der Waals surface area contributed by atoms with E-state index in [4.69, 9.17) is 5.11 Å². The highest BCUT2D eigenvalue weighted by molar-refractivity contribution is 6.25. The normalized spacial score (nSPS) is 14.0. The molecule has 2 amide bonds. The van der Waals surface area contributed by atoms with Gasteiger partial charge in [-0.15, -0.1) is 0 Å². The first kappa shape index (κ1) is 13.7. The lowest BCUT2D eigenvalue weighted by atomic mass is 9.94. The second-order valence-electron chi connectivity index (χ2n) is 4.94. The number of aliphatic hydroxyl groups is 1. The molecule has 5 heteroatoms. The van der Waals surface area contributed by atoms with E-state index in [-0.39, 0.29) is 18.4 Å². The highest BCUT2D eigenvalue weighted by Crippen LogP contribution is 2.29. The predicted molar refractivity (Wildman–Crippen MR) is 79.3 cm³/mol. The third-order valence-corrected chi connectivity index (χ3v) is 3.66. The fourth-order valence-corrected chi connectivity index (χ4v) is 2.68. The van der Waals surface area contributed by atoms with Gasteiger partial charge in [-0.2, -0.15) is 0 Å². The minimum atomic E-state index is -0.255. The Bertz CT molecular complexity index is 661. The largest absolute Gasteiger partial charge is 0.395 e. The van der Waals surface area contributed by atoms with Gasteiger partial charge < -0.3 is 10.4 Å². The van der Waals surface area contributed by atoms with Crippen LogP contribution < -0.4 is 5.32 Å². The van der Waals surface area contributed by atoms with Gasteiger partial charge in [-0.05, 0) is 17.5 Å². The number of rotatable bonds is 5. The fraction of sp³-hybridized carbons (Fsp3) is 0.250. The summed E-state index contributed by atoms with van der Waals surface area (Å²) in [5.74, 6) is -0.509. The first-order chi connectivity index (χ1) is 10.2. The quantitative estimate of drug-likeness (QED) is 0.635. The number of amides is 2. The van der Waals surface area contributed by atoms with E-state index in [2.05, 4.69) is 5.32 Å². The number of carbonyl (C=O) groups is 2.